The molecular formula is C16H31NO. The third kappa shape index (κ3) is 4.62. The van der Waals surface area contributed by atoms with E-state index in [9.17, 15) is 4.79 Å². The number of nitrogens with one attached hydrogen (secondary N) is 1. The Labute approximate surface area is 113 Å². The Balaban J connectivity index is 0.000000771. The summed E-state index contributed by atoms with van der Waals surface area (Å²) in [6, 6.07) is 0.482. The first kappa shape index (κ1) is 15.5. The molecule has 18 heavy (non-hydrogen) atoms. The van der Waals surface area contributed by atoms with Crippen molar-refractivity contribution in [3.8, 4) is 0 Å². The molecule has 2 aliphatic rings. The molecule has 1 amide bonds. The minimum Gasteiger partial charge on any atom is -0.353 e. The van der Waals surface area contributed by atoms with E-state index >= 15 is 0 Å². The molecule has 2 nitrogen and oxygen atoms in total. The van der Waals surface area contributed by atoms with Crippen LogP contribution < -0.4 is 5.32 Å². The lowest BCUT2D eigenvalue weighted by atomic mass is 9.79. The van der Waals surface area contributed by atoms with Crippen LogP contribution in [-0.4, -0.2) is 11.9 Å². The third-order valence-electron chi connectivity index (χ3n) is 4.40. The van der Waals surface area contributed by atoms with Crippen LogP contribution >= 0.6 is 0 Å². The van der Waals surface area contributed by atoms with Gasteiger partial charge in [-0.25, -0.2) is 0 Å². The molecule has 2 saturated carbocycles. The fourth-order valence-electron chi connectivity index (χ4n) is 3.26. The van der Waals surface area contributed by atoms with Gasteiger partial charge in [0.05, 0.1) is 0 Å². The van der Waals surface area contributed by atoms with Crippen LogP contribution in [0.1, 0.15) is 78.6 Å². The van der Waals surface area contributed by atoms with Crippen LogP contribution in [0.5, 0.6) is 0 Å². The monoisotopic (exact) mass is 253 g/mol. The van der Waals surface area contributed by atoms with Gasteiger partial charge in [-0.15, -0.1) is 0 Å². The first-order valence-electron chi connectivity index (χ1n) is 8.08. The van der Waals surface area contributed by atoms with Gasteiger partial charge in [-0.2, -0.15) is 0 Å². The Hall–Kier alpha value is -0.530. The number of carbonyl (C=O) groups excluding carboxylic acids is 1. The van der Waals surface area contributed by atoms with Crippen LogP contribution in [0.25, 0.3) is 0 Å². The van der Waals surface area contributed by atoms with Crippen LogP contribution in [0.15, 0.2) is 0 Å². The molecule has 0 aromatic heterocycles. The van der Waals surface area contributed by atoms with Crippen LogP contribution in [0, 0.1) is 11.8 Å². The lowest BCUT2D eigenvalue weighted by Crippen LogP contribution is -2.42. The summed E-state index contributed by atoms with van der Waals surface area (Å²) in [7, 11) is 0. The van der Waals surface area contributed by atoms with Gasteiger partial charge in [-0.3, -0.25) is 4.79 Å². The molecule has 2 rings (SSSR count). The van der Waals surface area contributed by atoms with Crippen molar-refractivity contribution < 1.29 is 4.79 Å². The molecule has 0 heterocycles. The predicted molar refractivity (Wildman–Crippen MR) is 77.5 cm³/mol. The summed E-state index contributed by atoms with van der Waals surface area (Å²) >= 11 is 0. The predicted octanol–water partition coefficient (Wildman–Crippen LogP) is 4.29. The van der Waals surface area contributed by atoms with Gasteiger partial charge >= 0.3 is 0 Å². The standard InChI is InChI=1S/C14H25NO.C2H6/c1-11-7-5-6-10-13(11)14(16)15-12-8-3-2-4-9-12;1-2/h11-13H,2-10H2,1H3,(H,15,16);1-2H3. The highest BCUT2D eigenvalue weighted by Gasteiger charge is 2.29. The Kier molecular flexibility index (Phi) is 7.38. The Morgan fingerprint density at radius 1 is 0.889 bits per heavy atom. The molecule has 0 saturated heterocycles. The zero-order valence-electron chi connectivity index (χ0n) is 12.5. The van der Waals surface area contributed by atoms with Gasteiger partial charge in [0.15, 0.2) is 0 Å². The molecule has 2 aliphatic carbocycles. The van der Waals surface area contributed by atoms with E-state index in [0.29, 0.717) is 23.8 Å². The van der Waals surface area contributed by atoms with E-state index in [1.807, 2.05) is 13.8 Å². The summed E-state index contributed by atoms with van der Waals surface area (Å²) in [6.07, 6.45) is 11.3. The molecular weight excluding hydrogens is 222 g/mol. The molecule has 2 unspecified atom stereocenters. The lowest BCUT2D eigenvalue weighted by Gasteiger charge is -2.30. The summed E-state index contributed by atoms with van der Waals surface area (Å²) in [5.74, 6) is 1.24. The fraction of sp³-hybridized carbons (Fsp3) is 0.938. The maximum absolute atomic E-state index is 12.2. The highest BCUT2D eigenvalue weighted by atomic mass is 16.1. The quantitative estimate of drug-likeness (QED) is 0.781. The first-order valence-corrected chi connectivity index (χ1v) is 8.08. The SMILES string of the molecule is CC.CC1CCCCC1C(=O)NC1CCCCC1. The van der Waals surface area contributed by atoms with Crippen molar-refractivity contribution in [1.29, 1.82) is 0 Å². The molecule has 106 valence electrons. The molecule has 0 aliphatic heterocycles. The average Bonchev–Trinajstić information content (AvgIpc) is 2.42. The van der Waals surface area contributed by atoms with Crippen molar-refractivity contribution in [2.75, 3.05) is 0 Å². The topological polar surface area (TPSA) is 29.1 Å². The second kappa shape index (κ2) is 8.55. The molecule has 2 fully saturated rings. The van der Waals surface area contributed by atoms with E-state index in [1.54, 1.807) is 0 Å². The smallest absolute Gasteiger partial charge is 0.223 e. The van der Waals surface area contributed by atoms with Gasteiger partial charge in [0.25, 0.3) is 0 Å². The van der Waals surface area contributed by atoms with Crippen molar-refractivity contribution >= 4 is 5.91 Å². The Bertz CT molecular complexity index is 233. The number of amides is 1. The van der Waals surface area contributed by atoms with E-state index in [0.717, 1.165) is 6.42 Å². The molecule has 0 aromatic carbocycles. The summed E-state index contributed by atoms with van der Waals surface area (Å²) < 4.78 is 0. The highest BCUT2D eigenvalue weighted by Crippen LogP contribution is 2.30. The van der Waals surface area contributed by atoms with Crippen molar-refractivity contribution in [1.82, 2.24) is 5.32 Å². The first-order chi connectivity index (χ1) is 8.77. The van der Waals surface area contributed by atoms with Gasteiger partial charge in [0.1, 0.15) is 0 Å². The molecule has 1 N–H and O–H groups in total. The Morgan fingerprint density at radius 3 is 2.06 bits per heavy atom. The van der Waals surface area contributed by atoms with Gasteiger partial charge in [-0.1, -0.05) is 52.9 Å². The maximum atomic E-state index is 12.2. The largest absolute Gasteiger partial charge is 0.353 e. The second-order valence-electron chi connectivity index (χ2n) is 5.71. The van der Waals surface area contributed by atoms with Crippen molar-refractivity contribution in [2.24, 2.45) is 11.8 Å². The molecule has 2 atom stereocenters. The zero-order valence-corrected chi connectivity index (χ0v) is 12.5. The number of rotatable bonds is 2. The van der Waals surface area contributed by atoms with Crippen LogP contribution in [0.2, 0.25) is 0 Å². The maximum Gasteiger partial charge on any atom is 0.223 e. The van der Waals surface area contributed by atoms with E-state index < -0.39 is 0 Å². The van der Waals surface area contributed by atoms with Crippen molar-refractivity contribution in [3.05, 3.63) is 0 Å². The Morgan fingerprint density at radius 2 is 1.44 bits per heavy atom. The molecule has 0 aromatic rings. The highest BCUT2D eigenvalue weighted by molar-refractivity contribution is 5.79. The fourth-order valence-corrected chi connectivity index (χ4v) is 3.26. The summed E-state index contributed by atoms with van der Waals surface area (Å²) in [5, 5.41) is 3.28. The summed E-state index contributed by atoms with van der Waals surface area (Å²) in [4.78, 5) is 12.2. The van der Waals surface area contributed by atoms with Crippen LogP contribution in [0.3, 0.4) is 0 Å². The van der Waals surface area contributed by atoms with Crippen LogP contribution in [0.4, 0.5) is 0 Å². The van der Waals surface area contributed by atoms with Gasteiger partial charge in [0, 0.05) is 12.0 Å². The number of carbonyl (C=O) groups is 1. The average molecular weight is 253 g/mol. The van der Waals surface area contributed by atoms with Gasteiger partial charge in [-0.05, 0) is 31.6 Å². The minimum absolute atomic E-state index is 0.302. The van der Waals surface area contributed by atoms with Gasteiger partial charge < -0.3 is 5.32 Å². The van der Waals surface area contributed by atoms with E-state index in [4.69, 9.17) is 0 Å². The molecule has 0 radical (unpaired) electrons. The van der Waals surface area contributed by atoms with Crippen LogP contribution in [-0.2, 0) is 4.79 Å². The van der Waals surface area contributed by atoms with Crippen molar-refractivity contribution in [3.63, 3.8) is 0 Å². The summed E-state index contributed by atoms with van der Waals surface area (Å²) in [5.41, 5.74) is 0. The summed E-state index contributed by atoms with van der Waals surface area (Å²) in [6.45, 7) is 6.24. The van der Waals surface area contributed by atoms with Gasteiger partial charge in [0.2, 0.25) is 5.91 Å². The van der Waals surface area contributed by atoms with Crippen molar-refractivity contribution in [2.45, 2.75) is 84.6 Å². The lowest BCUT2D eigenvalue weighted by molar-refractivity contribution is -0.128. The van der Waals surface area contributed by atoms with E-state index in [-0.39, 0.29) is 0 Å². The van der Waals surface area contributed by atoms with E-state index in [2.05, 4.69) is 12.2 Å². The van der Waals surface area contributed by atoms with E-state index in [1.165, 1.54) is 51.4 Å². The molecule has 2 heteroatoms. The zero-order chi connectivity index (χ0) is 13.4. The number of hydrogen-bond acceptors (Lipinski definition) is 1. The normalized spacial score (nSPS) is 29.1. The minimum atomic E-state index is 0.302. The second-order valence-corrected chi connectivity index (χ2v) is 5.71. The number of hydrogen-bond donors (Lipinski definition) is 1. The molecule has 0 bridgehead atoms. The third-order valence-corrected chi connectivity index (χ3v) is 4.40. The molecule has 0 spiro atoms.